The highest BCUT2D eigenvalue weighted by molar-refractivity contribution is 7.99. The van der Waals surface area contributed by atoms with Crippen LogP contribution in [0.25, 0.3) is 0 Å². The summed E-state index contributed by atoms with van der Waals surface area (Å²) in [5, 5.41) is 0.657. The Hall–Kier alpha value is -1.30. The quantitative estimate of drug-likeness (QED) is 0.611. The number of esters is 1. The summed E-state index contributed by atoms with van der Waals surface area (Å²) in [6.45, 7) is 1.83. The Bertz CT molecular complexity index is 357. The van der Waals surface area contributed by atoms with E-state index in [1.807, 2.05) is 6.92 Å². The number of carbonyl (C=O) groups is 1. The maximum Gasteiger partial charge on any atom is 0.306 e. The molecule has 82 valence electrons. The molecule has 15 heavy (non-hydrogen) atoms. The molecule has 0 atom stereocenters. The zero-order valence-corrected chi connectivity index (χ0v) is 9.50. The average molecular weight is 227 g/mol. The molecule has 2 N–H and O–H groups in total. The van der Waals surface area contributed by atoms with Gasteiger partial charge < -0.3 is 10.5 Å². The van der Waals surface area contributed by atoms with Gasteiger partial charge in [0.1, 0.15) is 5.03 Å². The minimum absolute atomic E-state index is 0.235. The summed E-state index contributed by atoms with van der Waals surface area (Å²) in [6, 6.07) is 0. The van der Waals surface area contributed by atoms with Gasteiger partial charge in [0.2, 0.25) is 0 Å². The van der Waals surface area contributed by atoms with Crippen LogP contribution in [0.15, 0.2) is 11.2 Å². The molecule has 0 spiro atoms. The third-order valence-electron chi connectivity index (χ3n) is 1.66. The molecular weight excluding hydrogens is 214 g/mol. The van der Waals surface area contributed by atoms with Crippen molar-refractivity contribution in [3.05, 3.63) is 11.9 Å². The Morgan fingerprint density at radius 1 is 1.67 bits per heavy atom. The van der Waals surface area contributed by atoms with Crippen LogP contribution in [-0.2, 0) is 9.53 Å². The van der Waals surface area contributed by atoms with Gasteiger partial charge >= 0.3 is 5.97 Å². The number of hydrogen-bond donors (Lipinski definition) is 1. The normalized spacial score (nSPS) is 10.0. The second kappa shape index (κ2) is 5.55. The van der Waals surface area contributed by atoms with Crippen LogP contribution in [-0.4, -0.2) is 28.8 Å². The van der Waals surface area contributed by atoms with Gasteiger partial charge in [0, 0.05) is 11.9 Å². The first-order valence-corrected chi connectivity index (χ1v) is 5.40. The smallest absolute Gasteiger partial charge is 0.306 e. The summed E-state index contributed by atoms with van der Waals surface area (Å²) in [7, 11) is 1.37. The molecule has 1 aromatic rings. The van der Waals surface area contributed by atoms with Gasteiger partial charge in [-0.2, -0.15) is 0 Å². The topological polar surface area (TPSA) is 78.1 Å². The molecule has 0 aromatic carbocycles. The fourth-order valence-electron chi connectivity index (χ4n) is 0.929. The van der Waals surface area contributed by atoms with E-state index in [1.165, 1.54) is 18.9 Å². The van der Waals surface area contributed by atoms with Crippen molar-refractivity contribution >= 4 is 23.5 Å². The monoisotopic (exact) mass is 227 g/mol. The van der Waals surface area contributed by atoms with Crippen molar-refractivity contribution in [2.75, 3.05) is 18.6 Å². The number of carbonyl (C=O) groups excluding carboxylic acids is 1. The Morgan fingerprint density at radius 3 is 3.00 bits per heavy atom. The van der Waals surface area contributed by atoms with E-state index in [2.05, 4.69) is 14.7 Å². The predicted molar refractivity (Wildman–Crippen MR) is 58.5 cm³/mol. The van der Waals surface area contributed by atoms with E-state index in [-0.39, 0.29) is 5.97 Å². The van der Waals surface area contributed by atoms with Gasteiger partial charge in [0.15, 0.2) is 5.82 Å². The number of nitrogens with two attached hydrogens (primary N) is 1. The van der Waals surface area contributed by atoms with E-state index < -0.39 is 0 Å². The molecule has 6 heteroatoms. The Kier molecular flexibility index (Phi) is 4.36. The summed E-state index contributed by atoms with van der Waals surface area (Å²) < 4.78 is 4.52. The number of hydrogen-bond acceptors (Lipinski definition) is 6. The van der Waals surface area contributed by atoms with Gasteiger partial charge in [-0.3, -0.25) is 4.79 Å². The molecule has 0 radical (unpaired) electrons. The minimum atomic E-state index is -0.235. The van der Waals surface area contributed by atoms with E-state index in [0.717, 1.165) is 5.69 Å². The van der Waals surface area contributed by atoms with Crippen LogP contribution < -0.4 is 5.73 Å². The number of thioether (sulfide) groups is 1. The summed E-state index contributed by atoms with van der Waals surface area (Å²) >= 11 is 1.40. The highest BCUT2D eigenvalue weighted by Crippen LogP contribution is 2.21. The van der Waals surface area contributed by atoms with Crippen LogP contribution in [0.2, 0.25) is 0 Å². The van der Waals surface area contributed by atoms with Crippen LogP contribution in [0.4, 0.5) is 5.82 Å². The fraction of sp³-hybridized carbons (Fsp3) is 0.444. The first-order valence-electron chi connectivity index (χ1n) is 4.42. The highest BCUT2D eigenvalue weighted by Gasteiger charge is 2.05. The van der Waals surface area contributed by atoms with Crippen molar-refractivity contribution in [2.45, 2.75) is 18.4 Å². The van der Waals surface area contributed by atoms with Crippen molar-refractivity contribution in [1.29, 1.82) is 0 Å². The van der Waals surface area contributed by atoms with Crippen LogP contribution in [0, 0.1) is 6.92 Å². The van der Waals surface area contributed by atoms with Crippen molar-refractivity contribution < 1.29 is 9.53 Å². The lowest BCUT2D eigenvalue weighted by molar-refractivity contribution is -0.140. The SMILES string of the molecule is COC(=O)CCSc1ncc(C)nc1N. The molecule has 0 fully saturated rings. The number of aromatic nitrogens is 2. The third kappa shape index (κ3) is 3.75. The summed E-state index contributed by atoms with van der Waals surface area (Å²) in [5.41, 5.74) is 6.44. The summed E-state index contributed by atoms with van der Waals surface area (Å²) in [6.07, 6.45) is 1.99. The number of aryl methyl sites for hydroxylation is 1. The van der Waals surface area contributed by atoms with E-state index in [1.54, 1.807) is 6.20 Å². The third-order valence-corrected chi connectivity index (χ3v) is 2.65. The molecule has 0 bridgehead atoms. The molecule has 0 aliphatic rings. The van der Waals surface area contributed by atoms with Crippen molar-refractivity contribution in [3.8, 4) is 0 Å². The zero-order chi connectivity index (χ0) is 11.3. The number of methoxy groups -OCH3 is 1. The van der Waals surface area contributed by atoms with E-state index in [4.69, 9.17) is 5.73 Å². The van der Waals surface area contributed by atoms with Crippen LogP contribution >= 0.6 is 11.8 Å². The molecule has 0 aliphatic heterocycles. The molecule has 0 amide bonds. The highest BCUT2D eigenvalue weighted by atomic mass is 32.2. The lowest BCUT2D eigenvalue weighted by Crippen LogP contribution is -2.02. The molecule has 5 nitrogen and oxygen atoms in total. The van der Waals surface area contributed by atoms with E-state index in [0.29, 0.717) is 23.0 Å². The maximum absolute atomic E-state index is 10.8. The predicted octanol–water partition coefficient (Wildman–Crippen LogP) is 1.02. The van der Waals surface area contributed by atoms with Gasteiger partial charge in [0.25, 0.3) is 0 Å². The summed E-state index contributed by atoms with van der Waals surface area (Å²) in [4.78, 5) is 19.0. The average Bonchev–Trinajstić information content (AvgIpc) is 2.21. The Morgan fingerprint density at radius 2 is 2.40 bits per heavy atom. The standard InChI is InChI=1S/C9H13N3O2S/c1-6-5-11-9(8(10)12-6)15-4-3-7(13)14-2/h5H,3-4H2,1-2H3,(H2,10,12). The van der Waals surface area contributed by atoms with Crippen molar-refractivity contribution in [3.63, 3.8) is 0 Å². The molecule has 0 saturated carbocycles. The number of nitrogens with zero attached hydrogens (tertiary/aromatic N) is 2. The van der Waals surface area contributed by atoms with Crippen LogP contribution in [0.3, 0.4) is 0 Å². The second-order valence-electron chi connectivity index (χ2n) is 2.88. The number of ether oxygens (including phenoxy) is 1. The Labute approximate surface area is 92.4 Å². The van der Waals surface area contributed by atoms with Gasteiger partial charge in [0.05, 0.1) is 19.2 Å². The van der Waals surface area contributed by atoms with Crippen molar-refractivity contribution in [1.82, 2.24) is 9.97 Å². The zero-order valence-electron chi connectivity index (χ0n) is 8.69. The minimum Gasteiger partial charge on any atom is -0.469 e. The molecule has 0 saturated heterocycles. The van der Waals surface area contributed by atoms with Crippen LogP contribution in [0.1, 0.15) is 12.1 Å². The van der Waals surface area contributed by atoms with Crippen LogP contribution in [0.5, 0.6) is 0 Å². The molecule has 0 unspecified atom stereocenters. The first kappa shape index (κ1) is 11.8. The van der Waals surface area contributed by atoms with Crippen molar-refractivity contribution in [2.24, 2.45) is 0 Å². The number of anilines is 1. The van der Waals surface area contributed by atoms with E-state index in [9.17, 15) is 4.79 Å². The lowest BCUT2D eigenvalue weighted by Gasteiger charge is -2.03. The molecule has 1 heterocycles. The van der Waals surface area contributed by atoms with Gasteiger partial charge in [-0.15, -0.1) is 11.8 Å². The number of nitrogen functional groups attached to an aromatic ring is 1. The number of rotatable bonds is 4. The molecular formula is C9H13N3O2S. The second-order valence-corrected chi connectivity index (χ2v) is 3.96. The molecule has 1 rings (SSSR count). The summed E-state index contributed by atoms with van der Waals surface area (Å²) in [5.74, 6) is 0.764. The molecule has 0 aliphatic carbocycles. The Balaban J connectivity index is 2.47. The molecule has 1 aromatic heterocycles. The largest absolute Gasteiger partial charge is 0.469 e. The van der Waals surface area contributed by atoms with Gasteiger partial charge in [-0.25, -0.2) is 9.97 Å². The fourth-order valence-corrected chi connectivity index (χ4v) is 1.71. The van der Waals surface area contributed by atoms with Gasteiger partial charge in [-0.05, 0) is 6.92 Å². The van der Waals surface area contributed by atoms with Gasteiger partial charge in [-0.1, -0.05) is 0 Å². The van der Waals surface area contributed by atoms with E-state index >= 15 is 0 Å². The maximum atomic E-state index is 10.8. The first-order chi connectivity index (χ1) is 7.13. The lowest BCUT2D eigenvalue weighted by atomic mass is 10.5.